The topological polar surface area (TPSA) is 35.5 Å². The van der Waals surface area contributed by atoms with Crippen molar-refractivity contribution in [2.75, 3.05) is 14.2 Å². The quantitative estimate of drug-likeness (QED) is 0.282. The molecule has 0 aliphatic heterocycles. The maximum atomic E-state index is 10.6. The molecule has 0 aromatic carbocycles. The normalized spacial score (nSPS) is 15.4. The van der Waals surface area contributed by atoms with Gasteiger partial charge in [0.2, 0.25) is 0 Å². The number of methoxy groups -OCH3 is 2. The van der Waals surface area contributed by atoms with Gasteiger partial charge in [-0.1, -0.05) is 6.08 Å². The van der Waals surface area contributed by atoms with Crippen LogP contribution >= 0.6 is 0 Å². The predicted octanol–water partition coefficient (Wildman–Crippen LogP) is 1.70. The predicted molar refractivity (Wildman–Crippen MR) is 51.4 cm³/mol. The van der Waals surface area contributed by atoms with Crippen molar-refractivity contribution in [3.05, 3.63) is 23.5 Å². The third kappa shape index (κ3) is 3.90. The van der Waals surface area contributed by atoms with E-state index in [-0.39, 0.29) is 6.10 Å². The molecule has 0 amide bonds. The first kappa shape index (κ1) is 11.9. The second-order valence-electron chi connectivity index (χ2n) is 2.54. The fourth-order valence-corrected chi connectivity index (χ4v) is 0.832. The highest BCUT2D eigenvalue weighted by atomic mass is 16.5. The Bertz CT molecular complexity index is 216. The molecule has 0 bridgehead atoms. The summed E-state index contributed by atoms with van der Waals surface area (Å²) in [7, 11) is 3.13. The lowest BCUT2D eigenvalue weighted by molar-refractivity contribution is -0.105. The van der Waals surface area contributed by atoms with Crippen molar-refractivity contribution in [3.8, 4) is 0 Å². The molecule has 0 N–H and O–H groups in total. The monoisotopic (exact) mass is 184 g/mol. The molecule has 0 heterocycles. The second-order valence-corrected chi connectivity index (χ2v) is 2.54. The van der Waals surface area contributed by atoms with E-state index in [1.807, 2.05) is 6.92 Å². The summed E-state index contributed by atoms with van der Waals surface area (Å²) in [5.74, 6) is 0.548. The van der Waals surface area contributed by atoms with Crippen LogP contribution in [0.3, 0.4) is 0 Å². The van der Waals surface area contributed by atoms with Crippen molar-refractivity contribution in [3.63, 3.8) is 0 Å². The van der Waals surface area contributed by atoms with Gasteiger partial charge < -0.3 is 9.47 Å². The molecular weight excluding hydrogens is 168 g/mol. The maximum Gasteiger partial charge on any atom is 0.153 e. The van der Waals surface area contributed by atoms with Gasteiger partial charge in [0, 0.05) is 7.11 Å². The smallest absolute Gasteiger partial charge is 0.153 e. The van der Waals surface area contributed by atoms with Crippen LogP contribution in [-0.2, 0) is 14.3 Å². The standard InChI is InChI=1S/C10H16O3/c1-5-9(7-11)10(13-4)6-8(2)12-3/h5-8H,1-4H3/b9-5-,10-6+. The summed E-state index contributed by atoms with van der Waals surface area (Å²) in [5.41, 5.74) is 0.534. The summed E-state index contributed by atoms with van der Waals surface area (Å²) in [6.45, 7) is 3.66. The first-order chi connectivity index (χ1) is 6.19. The van der Waals surface area contributed by atoms with E-state index in [0.717, 1.165) is 6.29 Å². The first-order valence-corrected chi connectivity index (χ1v) is 4.10. The number of hydrogen-bond acceptors (Lipinski definition) is 3. The Labute approximate surface area is 79.0 Å². The molecule has 0 aliphatic carbocycles. The van der Waals surface area contributed by atoms with Crippen molar-refractivity contribution in [2.24, 2.45) is 0 Å². The van der Waals surface area contributed by atoms with E-state index in [1.165, 1.54) is 7.11 Å². The van der Waals surface area contributed by atoms with Gasteiger partial charge in [0.15, 0.2) is 6.29 Å². The number of hydrogen-bond donors (Lipinski definition) is 0. The van der Waals surface area contributed by atoms with Gasteiger partial charge in [0.25, 0.3) is 0 Å². The van der Waals surface area contributed by atoms with Gasteiger partial charge in [-0.25, -0.2) is 0 Å². The Morgan fingerprint density at radius 3 is 2.31 bits per heavy atom. The number of carbonyl (C=O) groups excluding carboxylic acids is 1. The lowest BCUT2D eigenvalue weighted by atomic mass is 10.2. The molecule has 0 aromatic heterocycles. The average Bonchev–Trinajstić information content (AvgIpc) is 2.17. The third-order valence-corrected chi connectivity index (χ3v) is 1.70. The Kier molecular flexibility index (Phi) is 5.89. The van der Waals surface area contributed by atoms with Crippen LogP contribution in [-0.4, -0.2) is 26.6 Å². The van der Waals surface area contributed by atoms with Gasteiger partial charge >= 0.3 is 0 Å². The minimum Gasteiger partial charge on any atom is -0.496 e. The van der Waals surface area contributed by atoms with Crippen molar-refractivity contribution >= 4 is 6.29 Å². The molecule has 3 nitrogen and oxygen atoms in total. The van der Waals surface area contributed by atoms with Crippen LogP contribution < -0.4 is 0 Å². The molecule has 0 fully saturated rings. The van der Waals surface area contributed by atoms with E-state index in [4.69, 9.17) is 9.47 Å². The molecule has 0 saturated heterocycles. The van der Waals surface area contributed by atoms with E-state index in [1.54, 1.807) is 26.2 Å². The van der Waals surface area contributed by atoms with Gasteiger partial charge in [-0.15, -0.1) is 0 Å². The van der Waals surface area contributed by atoms with Crippen molar-refractivity contribution in [1.29, 1.82) is 0 Å². The fraction of sp³-hybridized carbons (Fsp3) is 0.500. The molecule has 0 aromatic rings. The van der Waals surface area contributed by atoms with Crippen molar-refractivity contribution < 1.29 is 14.3 Å². The summed E-state index contributed by atoms with van der Waals surface area (Å²) in [6, 6.07) is 0. The zero-order valence-corrected chi connectivity index (χ0v) is 8.53. The van der Waals surface area contributed by atoms with Crippen LogP contribution in [0.15, 0.2) is 23.5 Å². The van der Waals surface area contributed by atoms with Gasteiger partial charge in [0.05, 0.1) is 18.8 Å². The Balaban J connectivity index is 4.67. The van der Waals surface area contributed by atoms with Crippen LogP contribution in [0.25, 0.3) is 0 Å². The number of rotatable bonds is 5. The highest BCUT2D eigenvalue weighted by Crippen LogP contribution is 2.10. The number of aldehydes is 1. The molecule has 0 saturated carbocycles. The summed E-state index contributed by atoms with van der Waals surface area (Å²) in [4.78, 5) is 10.6. The van der Waals surface area contributed by atoms with E-state index in [9.17, 15) is 4.79 Å². The number of carbonyl (C=O) groups is 1. The van der Waals surface area contributed by atoms with Gasteiger partial charge in [-0.3, -0.25) is 4.79 Å². The summed E-state index contributed by atoms with van der Waals surface area (Å²) < 4.78 is 10.1. The number of ether oxygens (including phenoxy) is 2. The largest absolute Gasteiger partial charge is 0.496 e. The average molecular weight is 184 g/mol. The third-order valence-electron chi connectivity index (χ3n) is 1.70. The van der Waals surface area contributed by atoms with Crippen molar-refractivity contribution in [1.82, 2.24) is 0 Å². The molecule has 0 radical (unpaired) electrons. The molecule has 3 heteroatoms. The summed E-state index contributed by atoms with van der Waals surface area (Å²) in [6.07, 6.45) is 4.15. The molecule has 0 spiro atoms. The van der Waals surface area contributed by atoms with Crippen LogP contribution in [0.1, 0.15) is 13.8 Å². The first-order valence-electron chi connectivity index (χ1n) is 4.10. The minimum absolute atomic E-state index is 0.0650. The van der Waals surface area contributed by atoms with Crippen LogP contribution in [0, 0.1) is 0 Å². The Morgan fingerprint density at radius 1 is 1.38 bits per heavy atom. The molecular formula is C10H16O3. The highest BCUT2D eigenvalue weighted by Gasteiger charge is 2.05. The molecule has 0 rings (SSSR count). The van der Waals surface area contributed by atoms with Gasteiger partial charge in [0.1, 0.15) is 5.76 Å². The number of allylic oxidation sites excluding steroid dienone is 2. The van der Waals surface area contributed by atoms with E-state index in [0.29, 0.717) is 11.3 Å². The lowest BCUT2D eigenvalue weighted by Gasteiger charge is -2.08. The highest BCUT2D eigenvalue weighted by molar-refractivity contribution is 5.78. The lowest BCUT2D eigenvalue weighted by Crippen LogP contribution is -2.04. The second kappa shape index (κ2) is 6.43. The SMILES string of the molecule is C/C=C(C=O)\C(=C/C(C)OC)OC. The molecule has 13 heavy (non-hydrogen) atoms. The Morgan fingerprint density at radius 2 is 2.00 bits per heavy atom. The molecule has 0 aliphatic rings. The van der Waals surface area contributed by atoms with E-state index >= 15 is 0 Å². The molecule has 1 atom stereocenters. The minimum atomic E-state index is -0.0650. The van der Waals surface area contributed by atoms with Crippen LogP contribution in [0.5, 0.6) is 0 Å². The van der Waals surface area contributed by atoms with Crippen LogP contribution in [0.4, 0.5) is 0 Å². The molecule has 1 unspecified atom stereocenters. The van der Waals surface area contributed by atoms with Crippen LogP contribution in [0.2, 0.25) is 0 Å². The summed E-state index contributed by atoms with van der Waals surface area (Å²) >= 11 is 0. The fourth-order valence-electron chi connectivity index (χ4n) is 0.832. The van der Waals surface area contributed by atoms with Gasteiger partial charge in [-0.05, 0) is 19.9 Å². The zero-order valence-electron chi connectivity index (χ0n) is 8.53. The summed E-state index contributed by atoms with van der Waals surface area (Å²) in [5, 5.41) is 0. The zero-order chi connectivity index (χ0) is 10.3. The van der Waals surface area contributed by atoms with E-state index in [2.05, 4.69) is 0 Å². The van der Waals surface area contributed by atoms with E-state index < -0.39 is 0 Å². The van der Waals surface area contributed by atoms with Gasteiger partial charge in [-0.2, -0.15) is 0 Å². The maximum absolute atomic E-state index is 10.6. The van der Waals surface area contributed by atoms with Crippen molar-refractivity contribution in [2.45, 2.75) is 20.0 Å². The molecule has 74 valence electrons. The Hall–Kier alpha value is -1.09.